The van der Waals surface area contributed by atoms with Crippen molar-refractivity contribution in [1.29, 1.82) is 0 Å². The van der Waals surface area contributed by atoms with E-state index in [1.54, 1.807) is 36.4 Å². The number of benzene rings is 7. The van der Waals surface area contributed by atoms with Crippen LogP contribution in [-0.4, -0.2) is 18.8 Å². The molecule has 0 N–H and O–H groups in total. The Balaban J connectivity index is 1.35. The number of aromatic nitrogens is 4. The second-order valence-electron chi connectivity index (χ2n) is 12.2. The average Bonchev–Trinajstić information content (AvgIpc) is 3.73. The lowest BCUT2D eigenvalue weighted by molar-refractivity contribution is 0.416. The fourth-order valence-corrected chi connectivity index (χ4v) is 7.97. The van der Waals surface area contributed by atoms with Gasteiger partial charge in [0.25, 0.3) is 11.1 Å². The molecular weight excluding hydrogens is 672 g/mol. The summed E-state index contributed by atoms with van der Waals surface area (Å²) in [5.41, 5.74) is -5.54. The minimum absolute atomic E-state index is 0.0541. The molecule has 0 aliphatic heterocycles. The second kappa shape index (κ2) is 8.40. The van der Waals surface area contributed by atoms with Crippen molar-refractivity contribution in [3.63, 3.8) is 0 Å². The largest absolute Gasteiger partial charge is 0.268 e. The molecule has 11 rings (SSSR count). The number of hydrogen-bond donors (Lipinski definition) is 0. The molecule has 0 aliphatic carbocycles. The lowest BCUT2D eigenvalue weighted by Gasteiger charge is -2.18. The van der Waals surface area contributed by atoms with Crippen molar-refractivity contribution in [1.82, 2.24) is 18.8 Å². The Morgan fingerprint density at radius 3 is 1.00 bits per heavy atom. The lowest BCUT2D eigenvalue weighted by atomic mass is 9.86. The molecule has 14 heteroatoms. The predicted octanol–water partition coefficient (Wildman–Crippen LogP) is 8.35. The minimum Gasteiger partial charge on any atom is -0.268 e. The normalized spacial score (nSPS) is 13.0. The molecule has 0 amide bonds. The number of pyridine rings is 2. The maximum atomic E-state index is 15.0. The van der Waals surface area contributed by atoms with E-state index in [0.717, 1.165) is 8.80 Å². The fraction of sp³-hybridized carbons (Fsp3) is 0. The van der Waals surface area contributed by atoms with E-state index >= 15 is 8.78 Å². The van der Waals surface area contributed by atoms with Crippen LogP contribution in [0.4, 0.5) is 35.1 Å². The first-order chi connectivity index (χ1) is 24.0. The molecule has 0 fully saturated rings. The summed E-state index contributed by atoms with van der Waals surface area (Å²) in [6, 6.07) is 12.6. The van der Waals surface area contributed by atoms with Crippen LogP contribution >= 0.6 is 0 Å². The molecular formula is C36H8F8N4O2. The highest BCUT2D eigenvalue weighted by molar-refractivity contribution is 6.40. The topological polar surface area (TPSA) is 68.7 Å². The Hall–Kier alpha value is -6.44. The molecule has 4 heterocycles. The number of fused-ring (bicyclic) bond motifs is 10. The molecule has 0 unspecified atom stereocenters. The Bertz CT molecular complexity index is 3320. The standard InChI is InChI=1S/C36H8F8N4O2/c37-21-23(39)27(43)31-29(25(21)41)45-33-13-5-1-9-10-2-6-14-20-16(36(50)48-32-28(44)24(40)22(38)26(42)30(32)46-34(14)48)8-4-12(18(10)20)11-3-7-15(19(13)17(9)11)35(49)47(31)33/h1-8H. The summed E-state index contributed by atoms with van der Waals surface area (Å²) >= 11 is 0. The zero-order valence-electron chi connectivity index (χ0n) is 24.2. The van der Waals surface area contributed by atoms with Crippen molar-refractivity contribution in [2.45, 2.75) is 0 Å². The lowest BCUT2D eigenvalue weighted by Crippen LogP contribution is -2.15. The average molecular weight is 680 g/mol. The van der Waals surface area contributed by atoms with Crippen molar-refractivity contribution in [2.75, 3.05) is 0 Å². The van der Waals surface area contributed by atoms with Gasteiger partial charge in [0.15, 0.2) is 46.5 Å². The van der Waals surface area contributed by atoms with E-state index in [-0.39, 0.29) is 32.8 Å². The molecule has 0 bridgehead atoms. The van der Waals surface area contributed by atoms with Crippen molar-refractivity contribution in [3.05, 3.63) is 116 Å². The molecule has 0 aliphatic rings. The third-order valence-electron chi connectivity index (χ3n) is 9.99. The smallest absolute Gasteiger partial charge is 0.264 e. The molecule has 6 nitrogen and oxygen atoms in total. The van der Waals surface area contributed by atoms with Gasteiger partial charge in [0.2, 0.25) is 0 Å². The number of halogens is 8. The van der Waals surface area contributed by atoms with E-state index in [9.17, 15) is 35.9 Å². The van der Waals surface area contributed by atoms with E-state index in [1.807, 2.05) is 0 Å². The number of rotatable bonds is 0. The first kappa shape index (κ1) is 27.5. The van der Waals surface area contributed by atoms with Crippen LogP contribution in [0.2, 0.25) is 0 Å². The van der Waals surface area contributed by atoms with Crippen LogP contribution in [0.1, 0.15) is 0 Å². The van der Waals surface area contributed by atoms with Crippen molar-refractivity contribution in [3.8, 4) is 0 Å². The Kier molecular flexibility index (Phi) is 4.62. The zero-order chi connectivity index (χ0) is 34.4. The Morgan fingerprint density at radius 1 is 0.360 bits per heavy atom. The first-order valence-electron chi connectivity index (χ1n) is 14.8. The summed E-state index contributed by atoms with van der Waals surface area (Å²) in [6.07, 6.45) is 0. The van der Waals surface area contributed by atoms with Gasteiger partial charge in [-0.3, -0.25) is 18.4 Å². The molecule has 0 atom stereocenters. The van der Waals surface area contributed by atoms with E-state index in [0.29, 0.717) is 43.1 Å². The number of imidazole rings is 2. The second-order valence-corrected chi connectivity index (χ2v) is 12.2. The van der Waals surface area contributed by atoms with Crippen LogP contribution < -0.4 is 11.1 Å². The highest BCUT2D eigenvalue weighted by Crippen LogP contribution is 2.46. The summed E-state index contributed by atoms with van der Waals surface area (Å²) < 4.78 is 118. The van der Waals surface area contributed by atoms with Gasteiger partial charge in [0, 0.05) is 32.3 Å². The van der Waals surface area contributed by atoms with Gasteiger partial charge in [0.05, 0.1) is 0 Å². The number of nitrogens with zero attached hydrogens (tertiary/aromatic N) is 4. The Labute approximate surface area is 267 Å². The van der Waals surface area contributed by atoms with Gasteiger partial charge in [-0.05, 0) is 56.6 Å². The van der Waals surface area contributed by atoms with Gasteiger partial charge >= 0.3 is 0 Å². The molecule has 0 radical (unpaired) electrons. The predicted molar refractivity (Wildman–Crippen MR) is 170 cm³/mol. The van der Waals surface area contributed by atoms with Crippen molar-refractivity contribution < 1.29 is 35.1 Å². The van der Waals surface area contributed by atoms with E-state index in [4.69, 9.17) is 0 Å². The highest BCUT2D eigenvalue weighted by atomic mass is 19.2. The van der Waals surface area contributed by atoms with Crippen LogP contribution in [0, 0.1) is 46.5 Å². The molecule has 0 saturated heterocycles. The van der Waals surface area contributed by atoms with Crippen LogP contribution in [0.3, 0.4) is 0 Å². The molecule has 240 valence electrons. The van der Waals surface area contributed by atoms with Crippen molar-refractivity contribution in [2.24, 2.45) is 0 Å². The molecule has 7 aromatic carbocycles. The third kappa shape index (κ3) is 2.75. The van der Waals surface area contributed by atoms with Gasteiger partial charge in [-0.1, -0.05) is 24.3 Å². The van der Waals surface area contributed by atoms with Crippen molar-refractivity contribution >= 4 is 98.0 Å². The minimum atomic E-state index is -2.08. The molecule has 0 saturated carbocycles. The number of hydrogen-bond acceptors (Lipinski definition) is 4. The first-order valence-corrected chi connectivity index (χ1v) is 14.8. The highest BCUT2D eigenvalue weighted by Gasteiger charge is 2.30. The van der Waals surface area contributed by atoms with Gasteiger partial charge in [-0.25, -0.2) is 45.1 Å². The monoisotopic (exact) mass is 680 g/mol. The summed E-state index contributed by atoms with van der Waals surface area (Å²) in [5, 5.41) is 4.77. The van der Waals surface area contributed by atoms with Gasteiger partial charge in [-0.15, -0.1) is 0 Å². The van der Waals surface area contributed by atoms with E-state index < -0.39 is 79.7 Å². The van der Waals surface area contributed by atoms with Gasteiger partial charge in [-0.2, -0.15) is 0 Å². The maximum absolute atomic E-state index is 15.0. The third-order valence-corrected chi connectivity index (χ3v) is 9.99. The van der Waals surface area contributed by atoms with E-state index in [2.05, 4.69) is 9.97 Å². The zero-order valence-corrected chi connectivity index (χ0v) is 24.2. The van der Waals surface area contributed by atoms with Crippen LogP contribution in [0.5, 0.6) is 0 Å². The van der Waals surface area contributed by atoms with Gasteiger partial charge in [0.1, 0.15) is 33.4 Å². The molecule has 0 spiro atoms. The van der Waals surface area contributed by atoms with Crippen LogP contribution in [-0.2, 0) is 0 Å². The summed E-state index contributed by atoms with van der Waals surface area (Å²) in [5.74, 6) is -15.3. The molecule has 50 heavy (non-hydrogen) atoms. The molecule has 11 aromatic rings. The quantitative estimate of drug-likeness (QED) is 0.0531. The SMILES string of the molecule is O=c1c2ccc3c4ccc5c(=O)n6c(nc7c(F)c(F)c(F)c(F)c76)c6ccc(c7ccc(c2c37)c2nc3c(F)c(F)c(F)c(F)c3n12)c4c56. The fourth-order valence-electron chi connectivity index (χ4n) is 7.97. The van der Waals surface area contributed by atoms with E-state index in [1.165, 1.54) is 12.1 Å². The summed E-state index contributed by atoms with van der Waals surface area (Å²) in [6.45, 7) is 0. The maximum Gasteiger partial charge on any atom is 0.264 e. The van der Waals surface area contributed by atoms with Crippen LogP contribution in [0.25, 0.3) is 98.0 Å². The summed E-state index contributed by atoms with van der Waals surface area (Å²) in [4.78, 5) is 36.0. The summed E-state index contributed by atoms with van der Waals surface area (Å²) in [7, 11) is 0. The molecule has 4 aromatic heterocycles. The van der Waals surface area contributed by atoms with Gasteiger partial charge < -0.3 is 0 Å². The van der Waals surface area contributed by atoms with Crippen LogP contribution in [0.15, 0.2) is 58.1 Å². The Morgan fingerprint density at radius 2 is 0.640 bits per heavy atom.